The number of likely N-dealkylation sites (tertiary alicyclic amines) is 1. The molecule has 2 aromatic rings. The minimum Gasteiger partial charge on any atom is -0.356 e. The van der Waals surface area contributed by atoms with Gasteiger partial charge < -0.3 is 20.1 Å². The van der Waals surface area contributed by atoms with Gasteiger partial charge in [0.2, 0.25) is 0 Å². The van der Waals surface area contributed by atoms with Crippen molar-refractivity contribution in [2.45, 2.75) is 51.7 Å². The van der Waals surface area contributed by atoms with Gasteiger partial charge in [0, 0.05) is 64.1 Å². The standard InChI is InChI=1S/C22H34N6.HI/c1-18(2)27-14-10-20(11-15-27)26-22(23-3)25-12-9-21-24-13-16-28(21)17-19-7-5-4-6-8-19;/h4-8,13,16,18,20H,9-12,14-15,17H2,1-3H3,(H2,23,25,26);1H. The first-order valence-corrected chi connectivity index (χ1v) is 10.4. The molecule has 7 heteroatoms. The van der Waals surface area contributed by atoms with Crippen LogP contribution in [-0.2, 0) is 13.0 Å². The largest absolute Gasteiger partial charge is 0.356 e. The van der Waals surface area contributed by atoms with E-state index in [-0.39, 0.29) is 24.0 Å². The molecule has 1 fully saturated rings. The number of aromatic nitrogens is 2. The Balaban J connectivity index is 0.00000300. The molecular weight excluding hydrogens is 475 g/mol. The van der Waals surface area contributed by atoms with Gasteiger partial charge in [-0.15, -0.1) is 24.0 Å². The second kappa shape index (κ2) is 12.2. The highest BCUT2D eigenvalue weighted by molar-refractivity contribution is 14.0. The van der Waals surface area contributed by atoms with Crippen molar-refractivity contribution in [3.63, 3.8) is 0 Å². The van der Waals surface area contributed by atoms with E-state index in [0.717, 1.165) is 44.4 Å². The highest BCUT2D eigenvalue weighted by Gasteiger charge is 2.21. The molecule has 29 heavy (non-hydrogen) atoms. The third-order valence-electron chi connectivity index (χ3n) is 5.46. The molecule has 0 atom stereocenters. The first kappa shape index (κ1) is 23.7. The van der Waals surface area contributed by atoms with Crippen LogP contribution in [0.25, 0.3) is 0 Å². The van der Waals surface area contributed by atoms with Crippen LogP contribution in [0, 0.1) is 0 Å². The molecule has 1 saturated heterocycles. The number of halogens is 1. The number of rotatable bonds is 7. The minimum absolute atomic E-state index is 0. The topological polar surface area (TPSA) is 57.5 Å². The van der Waals surface area contributed by atoms with E-state index >= 15 is 0 Å². The Bertz CT molecular complexity index is 735. The molecule has 1 aliphatic rings. The molecule has 2 N–H and O–H groups in total. The van der Waals surface area contributed by atoms with Crippen molar-refractivity contribution in [2.24, 2.45) is 4.99 Å². The van der Waals surface area contributed by atoms with E-state index in [1.165, 1.54) is 18.4 Å². The number of hydrogen-bond donors (Lipinski definition) is 2. The van der Waals surface area contributed by atoms with Crippen LogP contribution in [0.2, 0.25) is 0 Å². The maximum atomic E-state index is 4.53. The number of hydrogen-bond acceptors (Lipinski definition) is 3. The maximum absolute atomic E-state index is 4.53. The summed E-state index contributed by atoms with van der Waals surface area (Å²) < 4.78 is 2.22. The lowest BCUT2D eigenvalue weighted by atomic mass is 10.0. The summed E-state index contributed by atoms with van der Waals surface area (Å²) in [7, 11) is 1.84. The number of aliphatic imine (C=N–C) groups is 1. The van der Waals surface area contributed by atoms with Crippen LogP contribution in [-0.4, -0.2) is 59.2 Å². The number of imidazole rings is 1. The van der Waals surface area contributed by atoms with Gasteiger partial charge in [-0.05, 0) is 32.3 Å². The fourth-order valence-electron chi connectivity index (χ4n) is 3.73. The molecule has 0 radical (unpaired) electrons. The molecule has 0 spiro atoms. The van der Waals surface area contributed by atoms with Crippen LogP contribution in [0.5, 0.6) is 0 Å². The van der Waals surface area contributed by atoms with Gasteiger partial charge in [-0.25, -0.2) is 4.98 Å². The Hall–Kier alpha value is -1.61. The number of piperidine rings is 1. The third kappa shape index (κ3) is 7.29. The van der Waals surface area contributed by atoms with E-state index in [1.807, 2.05) is 19.3 Å². The van der Waals surface area contributed by atoms with E-state index < -0.39 is 0 Å². The van der Waals surface area contributed by atoms with Crippen LogP contribution in [0.15, 0.2) is 47.7 Å². The van der Waals surface area contributed by atoms with Crippen LogP contribution in [0.1, 0.15) is 38.1 Å². The fraction of sp³-hybridized carbons (Fsp3) is 0.545. The molecule has 0 bridgehead atoms. The highest BCUT2D eigenvalue weighted by atomic mass is 127. The summed E-state index contributed by atoms with van der Waals surface area (Å²) in [6.45, 7) is 8.53. The summed E-state index contributed by atoms with van der Waals surface area (Å²) in [6, 6.07) is 11.6. The van der Waals surface area contributed by atoms with E-state index in [1.54, 1.807) is 0 Å². The molecule has 6 nitrogen and oxygen atoms in total. The Morgan fingerprint density at radius 1 is 1.21 bits per heavy atom. The fourth-order valence-corrected chi connectivity index (χ4v) is 3.73. The quantitative estimate of drug-likeness (QED) is 0.342. The van der Waals surface area contributed by atoms with Crippen LogP contribution in [0.3, 0.4) is 0 Å². The number of benzene rings is 1. The second-order valence-electron chi connectivity index (χ2n) is 7.75. The van der Waals surface area contributed by atoms with Gasteiger partial charge in [0.05, 0.1) is 0 Å². The molecule has 1 aromatic carbocycles. The molecule has 1 aromatic heterocycles. The second-order valence-corrected chi connectivity index (χ2v) is 7.75. The summed E-state index contributed by atoms with van der Waals surface area (Å²) in [5, 5.41) is 7.04. The predicted molar refractivity (Wildman–Crippen MR) is 131 cm³/mol. The van der Waals surface area contributed by atoms with Gasteiger partial charge >= 0.3 is 0 Å². The summed E-state index contributed by atoms with van der Waals surface area (Å²) in [5.41, 5.74) is 1.29. The summed E-state index contributed by atoms with van der Waals surface area (Å²) >= 11 is 0. The first-order valence-electron chi connectivity index (χ1n) is 10.4. The normalized spacial score (nSPS) is 15.9. The van der Waals surface area contributed by atoms with Gasteiger partial charge in [0.1, 0.15) is 5.82 Å². The Morgan fingerprint density at radius 2 is 1.93 bits per heavy atom. The van der Waals surface area contributed by atoms with Crippen molar-refractivity contribution in [1.82, 2.24) is 25.1 Å². The van der Waals surface area contributed by atoms with Crippen molar-refractivity contribution in [3.05, 3.63) is 54.1 Å². The van der Waals surface area contributed by atoms with Crippen molar-refractivity contribution < 1.29 is 0 Å². The molecule has 0 saturated carbocycles. The number of nitrogens with one attached hydrogen (secondary N) is 2. The van der Waals surface area contributed by atoms with Crippen LogP contribution in [0.4, 0.5) is 0 Å². The monoisotopic (exact) mass is 510 g/mol. The average Bonchev–Trinajstić information content (AvgIpc) is 3.15. The third-order valence-corrected chi connectivity index (χ3v) is 5.46. The van der Waals surface area contributed by atoms with Crippen LogP contribution < -0.4 is 10.6 Å². The lowest BCUT2D eigenvalue weighted by Crippen LogP contribution is -2.50. The van der Waals surface area contributed by atoms with E-state index in [9.17, 15) is 0 Å². The number of nitrogens with zero attached hydrogens (tertiary/aromatic N) is 4. The zero-order valence-corrected chi connectivity index (χ0v) is 20.2. The molecule has 3 rings (SSSR count). The first-order chi connectivity index (χ1) is 13.7. The minimum atomic E-state index is 0. The van der Waals surface area contributed by atoms with Gasteiger partial charge in [-0.2, -0.15) is 0 Å². The Labute approximate surface area is 192 Å². The smallest absolute Gasteiger partial charge is 0.191 e. The van der Waals surface area contributed by atoms with Crippen molar-refractivity contribution in [2.75, 3.05) is 26.7 Å². The summed E-state index contributed by atoms with van der Waals surface area (Å²) in [6.07, 6.45) is 7.14. The van der Waals surface area contributed by atoms with Gasteiger partial charge in [0.15, 0.2) is 5.96 Å². The van der Waals surface area contributed by atoms with E-state index in [2.05, 4.69) is 74.4 Å². The molecule has 0 unspecified atom stereocenters. The van der Waals surface area contributed by atoms with Gasteiger partial charge in [0.25, 0.3) is 0 Å². The molecule has 2 heterocycles. The van der Waals surface area contributed by atoms with Crippen LogP contribution >= 0.6 is 24.0 Å². The lowest BCUT2D eigenvalue weighted by Gasteiger charge is -2.35. The molecule has 0 amide bonds. The van der Waals surface area contributed by atoms with Gasteiger partial charge in [-0.1, -0.05) is 30.3 Å². The summed E-state index contributed by atoms with van der Waals surface area (Å²) in [4.78, 5) is 11.5. The zero-order valence-electron chi connectivity index (χ0n) is 17.8. The SMILES string of the molecule is CN=C(NCCc1nccn1Cc1ccccc1)NC1CCN(C(C)C)CC1.I. The molecular formula is C22H35IN6. The Morgan fingerprint density at radius 3 is 2.59 bits per heavy atom. The maximum Gasteiger partial charge on any atom is 0.191 e. The number of guanidine groups is 1. The van der Waals surface area contributed by atoms with Crippen molar-refractivity contribution in [1.29, 1.82) is 0 Å². The van der Waals surface area contributed by atoms with Gasteiger partial charge in [-0.3, -0.25) is 4.99 Å². The average molecular weight is 510 g/mol. The zero-order chi connectivity index (χ0) is 19.8. The van der Waals surface area contributed by atoms with Crippen molar-refractivity contribution >= 4 is 29.9 Å². The van der Waals surface area contributed by atoms with Crippen molar-refractivity contribution in [3.8, 4) is 0 Å². The molecule has 0 aliphatic carbocycles. The molecule has 1 aliphatic heterocycles. The lowest BCUT2D eigenvalue weighted by molar-refractivity contribution is 0.167. The summed E-state index contributed by atoms with van der Waals surface area (Å²) in [5.74, 6) is 1.99. The highest BCUT2D eigenvalue weighted by Crippen LogP contribution is 2.12. The molecule has 160 valence electrons. The van der Waals surface area contributed by atoms with E-state index in [0.29, 0.717) is 12.1 Å². The predicted octanol–water partition coefficient (Wildman–Crippen LogP) is 3.13. The van der Waals surface area contributed by atoms with E-state index in [4.69, 9.17) is 0 Å². The Kier molecular flexibility index (Phi) is 9.93.